The number of rotatable bonds is 7. The number of carbonyl (C=O) groups is 3. The highest BCUT2D eigenvalue weighted by molar-refractivity contribution is 6.06. The lowest BCUT2D eigenvalue weighted by Gasteiger charge is -2.36. The van der Waals surface area contributed by atoms with Crippen LogP contribution in [0.25, 0.3) is 22.3 Å². The second-order valence-electron chi connectivity index (χ2n) is 12.0. The number of amides is 3. The van der Waals surface area contributed by atoms with Crippen LogP contribution < -0.4 is 15.5 Å². The fraction of sp³-hybridized carbons (Fsp3) is 0.375. The first kappa shape index (κ1) is 28.0. The van der Waals surface area contributed by atoms with Crippen molar-refractivity contribution in [3.05, 3.63) is 66.1 Å². The van der Waals surface area contributed by atoms with Crippen LogP contribution in [0, 0.1) is 12.8 Å². The van der Waals surface area contributed by atoms with E-state index in [1.54, 1.807) is 25.2 Å². The van der Waals surface area contributed by atoms with Gasteiger partial charge in [-0.2, -0.15) is 5.10 Å². The molecule has 0 spiro atoms. The molecule has 0 unspecified atom stereocenters. The largest absolute Gasteiger partial charge is 0.365 e. The third kappa shape index (κ3) is 5.25. The van der Waals surface area contributed by atoms with Gasteiger partial charge in [0.1, 0.15) is 0 Å². The monoisotopic (exact) mass is 593 g/mol. The van der Waals surface area contributed by atoms with Crippen LogP contribution in [0.2, 0.25) is 0 Å². The molecule has 0 radical (unpaired) electrons. The number of fused-ring (bicyclic) bond motifs is 3. The van der Waals surface area contributed by atoms with E-state index < -0.39 is 0 Å². The van der Waals surface area contributed by atoms with Crippen molar-refractivity contribution in [1.29, 1.82) is 0 Å². The number of aromatic amines is 1. The highest BCUT2D eigenvalue weighted by Crippen LogP contribution is 2.35. The van der Waals surface area contributed by atoms with E-state index in [0.29, 0.717) is 43.2 Å². The first-order valence-electron chi connectivity index (χ1n) is 15.0. The topological polar surface area (TPSA) is 139 Å². The number of hydrogen-bond acceptors (Lipinski definition) is 8. The van der Waals surface area contributed by atoms with Crippen LogP contribution in [0.1, 0.15) is 28.9 Å². The van der Waals surface area contributed by atoms with Gasteiger partial charge in [0.2, 0.25) is 11.8 Å². The third-order valence-electron chi connectivity index (χ3n) is 9.07. The molecule has 4 aromatic rings. The molecule has 5 heterocycles. The Kier molecular flexibility index (Phi) is 7.21. The molecule has 3 fully saturated rings. The van der Waals surface area contributed by atoms with Gasteiger partial charge in [0, 0.05) is 67.4 Å². The third-order valence-corrected chi connectivity index (χ3v) is 9.07. The molecule has 3 aliphatic rings. The highest BCUT2D eigenvalue weighted by atomic mass is 16.2. The summed E-state index contributed by atoms with van der Waals surface area (Å²) in [5, 5.41) is 13.1. The molecule has 12 heteroatoms. The van der Waals surface area contributed by atoms with Crippen LogP contribution in [-0.4, -0.2) is 99.5 Å². The summed E-state index contributed by atoms with van der Waals surface area (Å²) in [5.41, 5.74) is 4.80. The van der Waals surface area contributed by atoms with Crippen molar-refractivity contribution < 1.29 is 14.4 Å². The standard InChI is InChI=1S/C32H35N9O3/c1-19-13-34-30(35-14-19)20-3-6-23(7-4-20)40-16-25-12-24(40)17-41(25)28(42)18-39-10-9-21(15-39)31(43)36-22-5-8-27-26(11-22)29(38-37-27)32(44)33-2/h3-8,11,13-14,21,24-25H,9-10,12,15-18H2,1-2H3,(H,33,44)(H,36,43)(H,37,38)/t21-,24-,25+/m1/s1. The summed E-state index contributed by atoms with van der Waals surface area (Å²) in [5.74, 6) is 0.269. The minimum Gasteiger partial charge on any atom is -0.365 e. The average Bonchev–Trinajstić information content (AvgIpc) is 3.85. The summed E-state index contributed by atoms with van der Waals surface area (Å²) in [4.78, 5) is 53.9. The van der Waals surface area contributed by atoms with E-state index in [1.165, 1.54) is 0 Å². The number of nitrogens with zero attached hydrogens (tertiary/aromatic N) is 6. The molecule has 2 aromatic carbocycles. The molecule has 44 heavy (non-hydrogen) atoms. The summed E-state index contributed by atoms with van der Waals surface area (Å²) < 4.78 is 0. The zero-order chi connectivity index (χ0) is 30.4. The minimum absolute atomic E-state index is 0.0832. The van der Waals surface area contributed by atoms with Crippen LogP contribution in [-0.2, 0) is 9.59 Å². The lowest BCUT2D eigenvalue weighted by molar-refractivity contribution is -0.133. The van der Waals surface area contributed by atoms with Gasteiger partial charge in [-0.05, 0) is 74.3 Å². The van der Waals surface area contributed by atoms with Crippen molar-refractivity contribution in [3.63, 3.8) is 0 Å². The van der Waals surface area contributed by atoms with Crippen molar-refractivity contribution in [3.8, 4) is 11.4 Å². The second-order valence-corrected chi connectivity index (χ2v) is 12.0. The number of benzene rings is 2. The summed E-state index contributed by atoms with van der Waals surface area (Å²) in [7, 11) is 1.55. The van der Waals surface area contributed by atoms with Gasteiger partial charge in [-0.25, -0.2) is 9.97 Å². The Morgan fingerprint density at radius 2 is 1.80 bits per heavy atom. The number of hydrogen-bond donors (Lipinski definition) is 3. The number of piperazine rings is 1. The number of anilines is 2. The number of carbonyl (C=O) groups excluding carboxylic acids is 3. The molecule has 0 saturated carbocycles. The van der Waals surface area contributed by atoms with Gasteiger partial charge in [0.25, 0.3) is 5.91 Å². The van der Waals surface area contributed by atoms with Gasteiger partial charge in [-0.3, -0.25) is 24.4 Å². The Morgan fingerprint density at radius 3 is 2.52 bits per heavy atom. The quantitative estimate of drug-likeness (QED) is 0.297. The van der Waals surface area contributed by atoms with Crippen molar-refractivity contribution in [2.45, 2.75) is 31.8 Å². The Hall–Kier alpha value is -4.84. The molecule has 3 atom stereocenters. The lowest BCUT2D eigenvalue weighted by atomic mass is 10.1. The van der Waals surface area contributed by atoms with Gasteiger partial charge in [-0.1, -0.05) is 0 Å². The molecule has 3 aliphatic heterocycles. The summed E-state index contributed by atoms with van der Waals surface area (Å²) in [6.07, 6.45) is 5.32. The minimum atomic E-state index is -0.294. The smallest absolute Gasteiger partial charge is 0.272 e. The molecule has 7 rings (SSSR count). The number of aromatic nitrogens is 4. The van der Waals surface area contributed by atoms with E-state index in [0.717, 1.165) is 47.7 Å². The van der Waals surface area contributed by atoms with E-state index in [2.05, 4.69) is 64.9 Å². The SMILES string of the molecule is CNC(=O)c1n[nH]c2ccc(NC(=O)[C@@H]3CCN(CC(=O)N4C[C@H]5C[C@H]4CN5c4ccc(-c5ncc(C)cn5)cc4)C3)cc12. The lowest BCUT2D eigenvalue weighted by Crippen LogP contribution is -2.51. The Morgan fingerprint density at radius 1 is 1.00 bits per heavy atom. The van der Waals surface area contributed by atoms with Crippen LogP contribution >= 0.6 is 0 Å². The van der Waals surface area contributed by atoms with Crippen LogP contribution in [0.15, 0.2) is 54.9 Å². The number of nitrogens with one attached hydrogen (secondary N) is 3. The van der Waals surface area contributed by atoms with Crippen LogP contribution in [0.3, 0.4) is 0 Å². The molecule has 12 nitrogen and oxygen atoms in total. The highest BCUT2D eigenvalue weighted by Gasteiger charge is 2.45. The van der Waals surface area contributed by atoms with E-state index in [4.69, 9.17) is 0 Å². The number of likely N-dealkylation sites (tertiary alicyclic amines) is 2. The van der Waals surface area contributed by atoms with E-state index in [1.807, 2.05) is 24.2 Å². The molecule has 3 N–H and O–H groups in total. The van der Waals surface area contributed by atoms with E-state index in [-0.39, 0.29) is 35.4 Å². The summed E-state index contributed by atoms with van der Waals surface area (Å²) >= 11 is 0. The molecule has 0 aliphatic carbocycles. The fourth-order valence-electron chi connectivity index (χ4n) is 6.73. The zero-order valence-electron chi connectivity index (χ0n) is 24.8. The number of H-pyrrole nitrogens is 1. The first-order chi connectivity index (χ1) is 21.4. The van der Waals surface area contributed by atoms with Gasteiger partial charge < -0.3 is 20.4 Å². The summed E-state index contributed by atoms with van der Waals surface area (Å²) in [6.45, 7) is 5.09. The zero-order valence-corrected chi connectivity index (χ0v) is 24.8. The van der Waals surface area contributed by atoms with E-state index in [9.17, 15) is 14.4 Å². The van der Waals surface area contributed by atoms with Crippen LogP contribution in [0.4, 0.5) is 11.4 Å². The predicted molar refractivity (Wildman–Crippen MR) is 166 cm³/mol. The second kappa shape index (κ2) is 11.3. The van der Waals surface area contributed by atoms with Gasteiger partial charge in [0.15, 0.2) is 11.5 Å². The maximum absolute atomic E-state index is 13.3. The Balaban J connectivity index is 0.913. The van der Waals surface area contributed by atoms with Crippen molar-refractivity contribution >= 4 is 40.0 Å². The molecule has 3 saturated heterocycles. The van der Waals surface area contributed by atoms with Gasteiger partial charge in [0.05, 0.1) is 24.0 Å². The maximum Gasteiger partial charge on any atom is 0.272 e. The molecule has 2 aromatic heterocycles. The van der Waals surface area contributed by atoms with Gasteiger partial charge in [-0.15, -0.1) is 0 Å². The van der Waals surface area contributed by atoms with Crippen molar-refractivity contribution in [1.82, 2.24) is 35.3 Å². The Bertz CT molecular complexity index is 1720. The molecular weight excluding hydrogens is 558 g/mol. The normalized spacial score (nSPS) is 21.3. The maximum atomic E-state index is 13.3. The predicted octanol–water partition coefficient (Wildman–Crippen LogP) is 2.44. The summed E-state index contributed by atoms with van der Waals surface area (Å²) in [6, 6.07) is 14.2. The number of aryl methyl sites for hydroxylation is 1. The van der Waals surface area contributed by atoms with E-state index >= 15 is 0 Å². The van der Waals surface area contributed by atoms with Crippen molar-refractivity contribution in [2.24, 2.45) is 5.92 Å². The Labute approximate surface area is 254 Å². The fourth-order valence-corrected chi connectivity index (χ4v) is 6.73. The molecular formula is C32H35N9O3. The van der Waals surface area contributed by atoms with Gasteiger partial charge >= 0.3 is 0 Å². The van der Waals surface area contributed by atoms with Crippen molar-refractivity contribution in [2.75, 3.05) is 50.0 Å². The molecule has 226 valence electrons. The average molecular weight is 594 g/mol. The molecule has 2 bridgehead atoms. The van der Waals surface area contributed by atoms with Crippen LogP contribution in [0.5, 0.6) is 0 Å². The molecule has 3 amide bonds. The first-order valence-corrected chi connectivity index (χ1v) is 15.0.